The summed E-state index contributed by atoms with van der Waals surface area (Å²) in [5.41, 5.74) is 1.76. The fourth-order valence-corrected chi connectivity index (χ4v) is 5.27. The summed E-state index contributed by atoms with van der Waals surface area (Å²) in [6.07, 6.45) is 12.9. The highest BCUT2D eigenvalue weighted by atomic mass is 35.5. The molecule has 2 nitrogen and oxygen atoms in total. The molecule has 0 bridgehead atoms. The van der Waals surface area contributed by atoms with Gasteiger partial charge in [-0.25, -0.2) is 0 Å². The second kappa shape index (κ2) is 10.3. The van der Waals surface area contributed by atoms with Crippen molar-refractivity contribution in [1.29, 1.82) is 0 Å². The largest absolute Gasteiger partial charge is 0.506 e. The van der Waals surface area contributed by atoms with Crippen molar-refractivity contribution in [2.75, 3.05) is 0 Å². The van der Waals surface area contributed by atoms with Crippen molar-refractivity contribution < 1.29 is 10.2 Å². The maximum absolute atomic E-state index is 10.1. The number of hydrogen-bond donors (Lipinski definition) is 2. The fourth-order valence-electron chi connectivity index (χ4n) is 4.61. The molecule has 0 aliphatic heterocycles. The Kier molecular flexibility index (Phi) is 8.01. The van der Waals surface area contributed by atoms with Crippen molar-refractivity contribution in [1.82, 2.24) is 0 Å². The van der Waals surface area contributed by atoms with Crippen molar-refractivity contribution in [3.63, 3.8) is 0 Å². The summed E-state index contributed by atoms with van der Waals surface area (Å²) in [6.45, 7) is 0. The first-order chi connectivity index (χ1) is 13.9. The number of phenols is 2. The van der Waals surface area contributed by atoms with E-state index >= 15 is 0 Å². The Balaban J connectivity index is 2.10. The Hall–Kier alpha value is -1.09. The Morgan fingerprint density at radius 2 is 1.03 bits per heavy atom. The highest BCUT2D eigenvalue weighted by Crippen LogP contribution is 2.47. The van der Waals surface area contributed by atoms with E-state index in [1.54, 1.807) is 6.07 Å². The predicted molar refractivity (Wildman–Crippen MR) is 123 cm³/mol. The molecule has 2 aromatic carbocycles. The minimum absolute atomic E-state index is 0.0795. The van der Waals surface area contributed by atoms with Crippen LogP contribution in [0.2, 0.25) is 15.1 Å². The average Bonchev–Trinajstić information content (AvgIpc) is 2.69. The Morgan fingerprint density at radius 1 is 0.586 bits per heavy atom. The second-order valence-electron chi connectivity index (χ2n) is 8.22. The van der Waals surface area contributed by atoms with E-state index in [9.17, 15) is 10.2 Å². The van der Waals surface area contributed by atoms with Crippen LogP contribution in [0.25, 0.3) is 0 Å². The molecule has 158 valence electrons. The third-order valence-electron chi connectivity index (χ3n) is 6.28. The maximum Gasteiger partial charge on any atom is 0.152 e. The van der Waals surface area contributed by atoms with Crippen LogP contribution in [0.15, 0.2) is 30.3 Å². The summed E-state index contributed by atoms with van der Waals surface area (Å²) in [6, 6.07) is 9.18. The van der Waals surface area contributed by atoms with E-state index in [-0.39, 0.29) is 27.0 Å². The molecule has 1 aliphatic rings. The Bertz CT molecular complexity index is 800. The summed E-state index contributed by atoms with van der Waals surface area (Å²) in [5.74, 6) is 0.00428. The molecular formula is C24H29Cl3O2. The number of phenolic OH excluding ortho intramolecular Hbond substituents is 2. The second-order valence-corrected chi connectivity index (χ2v) is 9.44. The van der Waals surface area contributed by atoms with Gasteiger partial charge in [-0.1, -0.05) is 98.7 Å². The number of halogens is 3. The number of benzene rings is 2. The van der Waals surface area contributed by atoms with Crippen molar-refractivity contribution in [2.24, 2.45) is 0 Å². The van der Waals surface area contributed by atoms with Crippen molar-refractivity contribution in [3.05, 3.63) is 56.5 Å². The zero-order valence-electron chi connectivity index (χ0n) is 16.7. The van der Waals surface area contributed by atoms with Crippen LogP contribution in [0.5, 0.6) is 11.5 Å². The van der Waals surface area contributed by atoms with Gasteiger partial charge in [-0.15, -0.1) is 0 Å². The molecule has 0 spiro atoms. The van der Waals surface area contributed by atoms with Gasteiger partial charge in [0.25, 0.3) is 0 Å². The molecule has 1 saturated carbocycles. The highest BCUT2D eigenvalue weighted by Gasteiger charge is 2.35. The average molecular weight is 456 g/mol. The minimum Gasteiger partial charge on any atom is -0.506 e. The van der Waals surface area contributed by atoms with Crippen molar-refractivity contribution >= 4 is 34.8 Å². The smallest absolute Gasteiger partial charge is 0.152 e. The van der Waals surface area contributed by atoms with Crippen LogP contribution >= 0.6 is 34.8 Å². The summed E-state index contributed by atoms with van der Waals surface area (Å²) >= 11 is 19.0. The molecule has 2 aromatic rings. The number of aromatic hydroxyl groups is 2. The van der Waals surface area contributed by atoms with Crippen LogP contribution in [0.4, 0.5) is 0 Å². The molecule has 0 aromatic heterocycles. The van der Waals surface area contributed by atoms with Crippen LogP contribution in [-0.4, -0.2) is 10.2 Å². The van der Waals surface area contributed by atoms with Gasteiger partial charge in [0.05, 0.1) is 15.1 Å². The summed E-state index contributed by atoms with van der Waals surface area (Å²) in [7, 11) is 0. The molecule has 0 saturated heterocycles. The third kappa shape index (κ3) is 5.34. The molecule has 29 heavy (non-hydrogen) atoms. The van der Waals surface area contributed by atoms with E-state index in [1.807, 2.05) is 24.3 Å². The zero-order valence-corrected chi connectivity index (χ0v) is 19.0. The standard InChI is InChI=1S/C24H29Cl3O2/c25-19-14-17(10-11-22(19)28)24(18-15-20(26)23(29)21(27)16-18)12-8-6-4-2-1-3-5-7-9-13-24/h10-11,14-16,28-29H,1-9,12-13H2. The zero-order chi connectivity index (χ0) is 20.9. The lowest BCUT2D eigenvalue weighted by Crippen LogP contribution is -2.28. The van der Waals surface area contributed by atoms with Gasteiger partial charge >= 0.3 is 0 Å². The fraction of sp³-hybridized carbons (Fsp3) is 0.500. The van der Waals surface area contributed by atoms with E-state index in [4.69, 9.17) is 34.8 Å². The van der Waals surface area contributed by atoms with Gasteiger partial charge in [0.2, 0.25) is 0 Å². The van der Waals surface area contributed by atoms with E-state index in [1.165, 1.54) is 44.9 Å². The quantitative estimate of drug-likeness (QED) is 0.475. The number of rotatable bonds is 2. The topological polar surface area (TPSA) is 40.5 Å². The summed E-state index contributed by atoms with van der Waals surface area (Å²) < 4.78 is 0. The van der Waals surface area contributed by atoms with Crippen molar-refractivity contribution in [3.8, 4) is 11.5 Å². The number of hydrogen-bond acceptors (Lipinski definition) is 2. The molecule has 5 heteroatoms. The Morgan fingerprint density at radius 3 is 1.52 bits per heavy atom. The first kappa shape index (κ1) is 22.6. The Labute approximate surface area is 188 Å². The van der Waals surface area contributed by atoms with Crippen LogP contribution in [0, 0.1) is 0 Å². The molecule has 0 heterocycles. The van der Waals surface area contributed by atoms with Gasteiger partial charge in [-0.05, 0) is 48.2 Å². The van der Waals surface area contributed by atoms with Gasteiger partial charge < -0.3 is 10.2 Å². The minimum atomic E-state index is -0.308. The molecule has 0 radical (unpaired) electrons. The van der Waals surface area contributed by atoms with Gasteiger partial charge in [0.1, 0.15) is 5.75 Å². The molecule has 1 fully saturated rings. The molecule has 0 amide bonds. The molecule has 2 N–H and O–H groups in total. The van der Waals surface area contributed by atoms with Crippen LogP contribution in [-0.2, 0) is 5.41 Å². The predicted octanol–water partition coefficient (Wildman–Crippen LogP) is 8.65. The van der Waals surface area contributed by atoms with E-state index < -0.39 is 0 Å². The van der Waals surface area contributed by atoms with E-state index in [0.717, 1.165) is 36.8 Å². The molecule has 0 atom stereocenters. The lowest BCUT2D eigenvalue weighted by Gasteiger charge is -2.36. The molecule has 3 rings (SSSR count). The first-order valence-corrected chi connectivity index (χ1v) is 11.7. The van der Waals surface area contributed by atoms with Crippen LogP contribution in [0.3, 0.4) is 0 Å². The molecular weight excluding hydrogens is 427 g/mol. The van der Waals surface area contributed by atoms with Crippen LogP contribution in [0.1, 0.15) is 81.8 Å². The summed E-state index contributed by atoms with van der Waals surface area (Å²) in [5, 5.41) is 20.9. The summed E-state index contributed by atoms with van der Waals surface area (Å²) in [4.78, 5) is 0. The first-order valence-electron chi connectivity index (χ1n) is 10.6. The monoisotopic (exact) mass is 454 g/mol. The van der Waals surface area contributed by atoms with E-state index in [0.29, 0.717) is 5.02 Å². The maximum atomic E-state index is 10.1. The lowest BCUT2D eigenvalue weighted by atomic mass is 9.67. The van der Waals surface area contributed by atoms with Gasteiger partial charge in [-0.2, -0.15) is 0 Å². The molecule has 0 unspecified atom stereocenters. The lowest BCUT2D eigenvalue weighted by molar-refractivity contribution is 0.381. The van der Waals surface area contributed by atoms with Gasteiger partial charge in [0, 0.05) is 5.41 Å². The molecule has 1 aliphatic carbocycles. The van der Waals surface area contributed by atoms with E-state index in [2.05, 4.69) is 0 Å². The van der Waals surface area contributed by atoms with Gasteiger partial charge in [-0.3, -0.25) is 0 Å². The highest BCUT2D eigenvalue weighted by molar-refractivity contribution is 6.37. The normalized spacial score (nSPS) is 18.6. The van der Waals surface area contributed by atoms with Crippen molar-refractivity contribution in [2.45, 2.75) is 76.0 Å². The van der Waals surface area contributed by atoms with Crippen LogP contribution < -0.4 is 0 Å². The SMILES string of the molecule is Oc1ccc(C2(c3cc(Cl)c(O)c(Cl)c3)CCCCCCCCCCC2)cc1Cl. The van der Waals surface area contributed by atoms with Gasteiger partial charge in [0.15, 0.2) is 5.75 Å². The third-order valence-corrected chi connectivity index (χ3v) is 7.16.